The Kier molecular flexibility index (Phi) is 3.83. The zero-order valence-electron chi connectivity index (χ0n) is 12.2. The highest BCUT2D eigenvalue weighted by molar-refractivity contribution is 5.79. The number of aliphatic carboxylic acids is 1. The molecule has 0 radical (unpaired) electrons. The van der Waals surface area contributed by atoms with Crippen LogP contribution in [0.2, 0.25) is 0 Å². The van der Waals surface area contributed by atoms with Crippen LogP contribution in [0.25, 0.3) is 11.1 Å². The number of rotatable bonds is 6. The van der Waals surface area contributed by atoms with Crippen molar-refractivity contribution in [2.24, 2.45) is 0 Å². The average molecular weight is 302 g/mol. The molecule has 22 heavy (non-hydrogen) atoms. The second kappa shape index (κ2) is 5.79. The van der Waals surface area contributed by atoms with E-state index in [1.807, 2.05) is 24.3 Å². The predicted molar refractivity (Wildman–Crippen MR) is 79.3 cm³/mol. The molecular formula is C16H18N2O4. The fourth-order valence-corrected chi connectivity index (χ4v) is 2.84. The molecule has 1 aromatic heterocycles. The van der Waals surface area contributed by atoms with Crippen LogP contribution < -0.4 is 5.32 Å². The first-order chi connectivity index (χ1) is 10.6. The Morgan fingerprint density at radius 3 is 2.73 bits per heavy atom. The fourth-order valence-electron chi connectivity index (χ4n) is 2.84. The lowest BCUT2D eigenvalue weighted by molar-refractivity contribution is -0.140. The Balaban J connectivity index is 1.56. The van der Waals surface area contributed by atoms with Gasteiger partial charge in [0.1, 0.15) is 5.52 Å². The number of oxazole rings is 1. The first-order valence-electron chi connectivity index (χ1n) is 7.44. The number of para-hydroxylation sites is 2. The van der Waals surface area contributed by atoms with Crippen LogP contribution in [0, 0.1) is 0 Å². The van der Waals surface area contributed by atoms with Gasteiger partial charge in [-0.05, 0) is 31.4 Å². The fraction of sp³-hybridized carbons (Fsp3) is 0.438. The normalized spacial score (nSPS) is 16.2. The predicted octanol–water partition coefficient (Wildman–Crippen LogP) is 2.27. The molecule has 6 heteroatoms. The lowest BCUT2D eigenvalue weighted by atomic mass is 9.74. The third kappa shape index (κ3) is 3.10. The van der Waals surface area contributed by atoms with Crippen molar-refractivity contribution in [1.82, 2.24) is 10.3 Å². The summed E-state index contributed by atoms with van der Waals surface area (Å²) in [6.07, 6.45) is 3.06. The minimum atomic E-state index is -0.876. The third-order valence-corrected chi connectivity index (χ3v) is 4.11. The van der Waals surface area contributed by atoms with Gasteiger partial charge in [0.25, 0.3) is 0 Å². The van der Waals surface area contributed by atoms with Gasteiger partial charge in [-0.2, -0.15) is 0 Å². The smallest absolute Gasteiger partial charge is 0.305 e. The van der Waals surface area contributed by atoms with Gasteiger partial charge in [-0.25, -0.2) is 4.98 Å². The summed E-state index contributed by atoms with van der Waals surface area (Å²) < 4.78 is 5.57. The van der Waals surface area contributed by atoms with Crippen molar-refractivity contribution in [3.63, 3.8) is 0 Å². The van der Waals surface area contributed by atoms with E-state index in [1.54, 1.807) is 0 Å². The monoisotopic (exact) mass is 302 g/mol. The van der Waals surface area contributed by atoms with Gasteiger partial charge >= 0.3 is 5.97 Å². The Hall–Kier alpha value is -2.37. The minimum absolute atomic E-state index is 0.0123. The van der Waals surface area contributed by atoms with Crippen molar-refractivity contribution in [3.05, 3.63) is 30.2 Å². The van der Waals surface area contributed by atoms with E-state index >= 15 is 0 Å². The second-order valence-corrected chi connectivity index (χ2v) is 5.83. The van der Waals surface area contributed by atoms with E-state index in [2.05, 4.69) is 10.3 Å². The van der Waals surface area contributed by atoms with E-state index in [9.17, 15) is 9.59 Å². The topological polar surface area (TPSA) is 92.4 Å². The van der Waals surface area contributed by atoms with Gasteiger partial charge in [0.2, 0.25) is 5.91 Å². The first kappa shape index (κ1) is 14.6. The molecule has 0 spiro atoms. The Morgan fingerprint density at radius 2 is 2.09 bits per heavy atom. The zero-order valence-corrected chi connectivity index (χ0v) is 12.2. The molecule has 2 aromatic rings. The van der Waals surface area contributed by atoms with Gasteiger partial charge in [-0.15, -0.1) is 0 Å². The number of hydrogen-bond donors (Lipinski definition) is 2. The minimum Gasteiger partial charge on any atom is -0.481 e. The molecule has 1 aliphatic rings. The lowest BCUT2D eigenvalue weighted by Gasteiger charge is -2.41. The second-order valence-electron chi connectivity index (χ2n) is 5.83. The quantitative estimate of drug-likeness (QED) is 0.854. The van der Waals surface area contributed by atoms with Gasteiger partial charge in [-0.3, -0.25) is 9.59 Å². The molecule has 0 saturated heterocycles. The largest absolute Gasteiger partial charge is 0.481 e. The molecule has 0 aliphatic heterocycles. The molecule has 1 amide bonds. The molecule has 2 N–H and O–H groups in total. The van der Waals surface area contributed by atoms with E-state index in [1.165, 1.54) is 0 Å². The number of nitrogens with one attached hydrogen (secondary N) is 1. The summed E-state index contributed by atoms with van der Waals surface area (Å²) in [5.41, 5.74) is 0.933. The maximum Gasteiger partial charge on any atom is 0.305 e. The van der Waals surface area contributed by atoms with Crippen molar-refractivity contribution >= 4 is 23.0 Å². The number of carboxylic acids is 1. The highest BCUT2D eigenvalue weighted by Gasteiger charge is 2.40. The number of amides is 1. The highest BCUT2D eigenvalue weighted by atomic mass is 16.4. The summed E-state index contributed by atoms with van der Waals surface area (Å²) in [6, 6.07) is 7.45. The summed E-state index contributed by atoms with van der Waals surface area (Å²) in [5, 5.41) is 11.8. The molecule has 1 aliphatic carbocycles. The van der Waals surface area contributed by atoms with Crippen molar-refractivity contribution in [2.75, 3.05) is 0 Å². The number of carboxylic acid groups (broad SMARTS) is 1. The Bertz CT molecular complexity index is 670. The number of hydrogen-bond acceptors (Lipinski definition) is 4. The first-order valence-corrected chi connectivity index (χ1v) is 7.44. The maximum absolute atomic E-state index is 12.0. The number of benzene rings is 1. The van der Waals surface area contributed by atoms with Crippen LogP contribution in [0.1, 0.15) is 38.0 Å². The van der Waals surface area contributed by atoms with Crippen LogP contribution in [-0.2, 0) is 16.0 Å². The maximum atomic E-state index is 12.0. The van der Waals surface area contributed by atoms with Crippen molar-refractivity contribution in [2.45, 2.75) is 44.1 Å². The van der Waals surface area contributed by atoms with Crippen LogP contribution in [-0.4, -0.2) is 27.5 Å². The standard InChI is InChI=1S/C16H18N2O4/c19-13(18-16(8-3-9-16)10-15(20)21)6-7-14-17-11-4-1-2-5-12(11)22-14/h1-2,4-5H,3,6-10H2,(H,18,19)(H,20,21). The van der Waals surface area contributed by atoms with Gasteiger partial charge in [0.05, 0.1) is 12.0 Å². The molecule has 0 unspecified atom stereocenters. The summed E-state index contributed by atoms with van der Waals surface area (Å²) in [6.45, 7) is 0. The molecule has 1 fully saturated rings. The van der Waals surface area contributed by atoms with Crippen LogP contribution >= 0.6 is 0 Å². The van der Waals surface area contributed by atoms with Crippen LogP contribution in [0.5, 0.6) is 0 Å². The third-order valence-electron chi connectivity index (χ3n) is 4.11. The molecular weight excluding hydrogens is 284 g/mol. The lowest BCUT2D eigenvalue weighted by Crippen LogP contribution is -2.54. The van der Waals surface area contributed by atoms with Crippen molar-refractivity contribution < 1.29 is 19.1 Å². The number of nitrogens with zero attached hydrogens (tertiary/aromatic N) is 1. The molecule has 0 bridgehead atoms. The van der Waals surface area contributed by atoms with Crippen LogP contribution in [0.3, 0.4) is 0 Å². The molecule has 1 heterocycles. The van der Waals surface area contributed by atoms with Crippen LogP contribution in [0.4, 0.5) is 0 Å². The summed E-state index contributed by atoms with van der Waals surface area (Å²) >= 11 is 0. The van der Waals surface area contributed by atoms with E-state index in [0.29, 0.717) is 17.9 Å². The number of fused-ring (bicyclic) bond motifs is 1. The Labute approximate surface area is 127 Å². The molecule has 116 valence electrons. The molecule has 3 rings (SSSR count). The number of aryl methyl sites for hydroxylation is 1. The summed E-state index contributed by atoms with van der Waals surface area (Å²) in [5.74, 6) is -0.501. The van der Waals surface area contributed by atoms with E-state index in [-0.39, 0.29) is 18.7 Å². The number of aromatic nitrogens is 1. The SMILES string of the molecule is O=C(O)CC1(NC(=O)CCc2nc3ccccc3o2)CCC1. The van der Waals surface area contributed by atoms with Gasteiger partial charge in [0.15, 0.2) is 11.5 Å². The molecule has 1 aromatic carbocycles. The summed E-state index contributed by atoms with van der Waals surface area (Å²) in [7, 11) is 0. The van der Waals surface area contributed by atoms with Gasteiger partial charge in [-0.1, -0.05) is 12.1 Å². The Morgan fingerprint density at radius 1 is 1.32 bits per heavy atom. The van der Waals surface area contributed by atoms with Crippen LogP contribution in [0.15, 0.2) is 28.7 Å². The molecule has 6 nitrogen and oxygen atoms in total. The van der Waals surface area contributed by atoms with E-state index < -0.39 is 11.5 Å². The van der Waals surface area contributed by atoms with Crippen molar-refractivity contribution in [3.8, 4) is 0 Å². The molecule has 0 atom stereocenters. The average Bonchev–Trinajstić information content (AvgIpc) is 2.85. The van der Waals surface area contributed by atoms with E-state index in [4.69, 9.17) is 9.52 Å². The summed E-state index contributed by atoms with van der Waals surface area (Å²) in [4.78, 5) is 27.3. The van der Waals surface area contributed by atoms with Crippen molar-refractivity contribution in [1.29, 1.82) is 0 Å². The highest BCUT2D eigenvalue weighted by Crippen LogP contribution is 2.35. The van der Waals surface area contributed by atoms with Gasteiger partial charge in [0, 0.05) is 12.8 Å². The molecule has 1 saturated carbocycles. The van der Waals surface area contributed by atoms with Gasteiger partial charge < -0.3 is 14.8 Å². The van der Waals surface area contributed by atoms with E-state index in [0.717, 1.165) is 24.8 Å². The number of carbonyl (C=O) groups excluding carboxylic acids is 1. The zero-order chi connectivity index (χ0) is 15.6. The number of carbonyl (C=O) groups is 2.